The van der Waals surface area contributed by atoms with Gasteiger partial charge >= 0.3 is 11.8 Å². The van der Waals surface area contributed by atoms with Crippen molar-refractivity contribution >= 4 is 11.8 Å². The second-order valence-electron chi connectivity index (χ2n) is 4.81. The zero-order chi connectivity index (χ0) is 14.7. The van der Waals surface area contributed by atoms with Gasteiger partial charge < -0.3 is 14.7 Å². The number of hydrogen-bond donors (Lipinski definition) is 1. The first-order chi connectivity index (χ1) is 9.49. The molecule has 0 aromatic heterocycles. The summed E-state index contributed by atoms with van der Waals surface area (Å²) >= 11 is 0. The number of carbonyl (C=O) groups is 1. The first-order valence-electron chi connectivity index (χ1n) is 6.39. The number of nitro benzene ring substituents is 1. The molecular weight excluding hydrogens is 264 g/mol. The molecule has 1 aliphatic rings. The summed E-state index contributed by atoms with van der Waals surface area (Å²) in [6.07, 6.45) is -0.0821. The molecule has 1 aromatic carbocycles. The molecule has 0 bridgehead atoms. The van der Waals surface area contributed by atoms with Crippen LogP contribution in [0.4, 0.5) is 10.5 Å². The third-order valence-electron chi connectivity index (χ3n) is 3.34. The number of nitrogens with zero attached hydrogens (tertiary/aromatic N) is 2. The van der Waals surface area contributed by atoms with E-state index in [-0.39, 0.29) is 17.5 Å². The summed E-state index contributed by atoms with van der Waals surface area (Å²) < 4.78 is 5.12. The maximum Gasteiger partial charge on any atom is 0.415 e. The highest BCUT2D eigenvalue weighted by Gasteiger charge is 2.30. The van der Waals surface area contributed by atoms with E-state index in [0.717, 1.165) is 0 Å². The average Bonchev–Trinajstić information content (AvgIpc) is 2.38. The Kier molecular flexibility index (Phi) is 4.19. The molecule has 0 aliphatic carbocycles. The van der Waals surface area contributed by atoms with Crippen LogP contribution in [0.25, 0.3) is 0 Å². The fraction of sp³-hybridized carbons (Fsp3) is 0.462. The molecule has 7 heteroatoms. The molecule has 1 amide bonds. The lowest BCUT2D eigenvalue weighted by molar-refractivity contribution is -0.385. The van der Waals surface area contributed by atoms with E-state index in [1.165, 1.54) is 23.1 Å². The number of aliphatic hydroxyl groups excluding tert-OH is 1. The number of aliphatic hydroxyl groups is 1. The molecule has 1 fully saturated rings. The molecule has 0 spiro atoms. The predicted octanol–water partition coefficient (Wildman–Crippen LogP) is 1.94. The fourth-order valence-electron chi connectivity index (χ4n) is 2.27. The van der Waals surface area contributed by atoms with Crippen molar-refractivity contribution in [3.63, 3.8) is 0 Å². The Labute approximate surface area is 115 Å². The lowest BCUT2D eigenvalue weighted by Gasteiger charge is -2.34. The second-order valence-corrected chi connectivity index (χ2v) is 4.81. The molecule has 1 heterocycles. The third-order valence-corrected chi connectivity index (χ3v) is 3.34. The van der Waals surface area contributed by atoms with Gasteiger partial charge in [-0.2, -0.15) is 0 Å². The number of likely N-dealkylation sites (tertiary alicyclic amines) is 1. The average molecular weight is 280 g/mol. The van der Waals surface area contributed by atoms with Gasteiger partial charge in [0.05, 0.1) is 11.0 Å². The molecule has 1 N–H and O–H groups in total. The largest absolute Gasteiger partial charge is 0.415 e. The van der Waals surface area contributed by atoms with Crippen LogP contribution in [-0.2, 0) is 0 Å². The Balaban J connectivity index is 2.10. The van der Waals surface area contributed by atoms with Gasteiger partial charge in [0, 0.05) is 18.7 Å². The van der Waals surface area contributed by atoms with E-state index < -0.39 is 17.1 Å². The van der Waals surface area contributed by atoms with Gasteiger partial charge in [0.2, 0.25) is 5.75 Å². The molecule has 1 aliphatic heterocycles. The summed E-state index contributed by atoms with van der Waals surface area (Å²) in [5.41, 5.74) is -0.245. The number of piperidine rings is 1. The van der Waals surface area contributed by atoms with Crippen molar-refractivity contribution in [2.75, 3.05) is 6.54 Å². The van der Waals surface area contributed by atoms with Crippen LogP contribution < -0.4 is 4.74 Å². The Morgan fingerprint density at radius 1 is 1.50 bits per heavy atom. The van der Waals surface area contributed by atoms with Crippen LogP contribution in [-0.4, -0.2) is 39.7 Å². The quantitative estimate of drug-likeness (QED) is 0.660. The monoisotopic (exact) mass is 280 g/mol. The molecular formula is C13H16N2O5. The maximum absolute atomic E-state index is 12.1. The Bertz CT molecular complexity index is 519. The minimum absolute atomic E-state index is 0.0687. The molecule has 2 unspecified atom stereocenters. The van der Waals surface area contributed by atoms with Crippen LogP contribution in [0.2, 0.25) is 0 Å². The highest BCUT2D eigenvalue weighted by atomic mass is 16.6. The van der Waals surface area contributed by atoms with Crippen LogP contribution in [0.1, 0.15) is 19.8 Å². The molecule has 2 atom stereocenters. The highest BCUT2D eigenvalue weighted by Crippen LogP contribution is 2.27. The van der Waals surface area contributed by atoms with E-state index in [9.17, 15) is 20.0 Å². The maximum atomic E-state index is 12.1. The second kappa shape index (κ2) is 5.87. The Morgan fingerprint density at radius 2 is 2.20 bits per heavy atom. The van der Waals surface area contributed by atoms with Gasteiger partial charge in [-0.25, -0.2) is 4.79 Å². The van der Waals surface area contributed by atoms with Crippen LogP contribution in [0.15, 0.2) is 24.3 Å². The number of rotatable bonds is 2. The predicted molar refractivity (Wildman–Crippen MR) is 70.5 cm³/mol. The van der Waals surface area contributed by atoms with Crippen molar-refractivity contribution in [2.24, 2.45) is 0 Å². The zero-order valence-corrected chi connectivity index (χ0v) is 11.1. The standard InChI is InChI=1S/C13H16N2O5/c1-9-8-10(16)6-7-14(9)13(17)20-12-5-3-2-4-11(12)15(18)19/h2-5,9-10,16H,6-8H2,1H3. The SMILES string of the molecule is CC1CC(O)CCN1C(=O)Oc1ccccc1[N+](=O)[O-]. The van der Waals surface area contributed by atoms with Gasteiger partial charge in [0.15, 0.2) is 0 Å². The normalized spacial score (nSPS) is 22.4. The van der Waals surface area contributed by atoms with Crippen LogP contribution >= 0.6 is 0 Å². The first-order valence-corrected chi connectivity index (χ1v) is 6.39. The van der Waals surface area contributed by atoms with E-state index in [4.69, 9.17) is 4.74 Å². The Morgan fingerprint density at radius 3 is 2.85 bits per heavy atom. The van der Waals surface area contributed by atoms with E-state index in [0.29, 0.717) is 19.4 Å². The van der Waals surface area contributed by atoms with Gasteiger partial charge in [-0.1, -0.05) is 12.1 Å². The van der Waals surface area contributed by atoms with Gasteiger partial charge in [-0.05, 0) is 25.8 Å². The van der Waals surface area contributed by atoms with Crippen molar-refractivity contribution in [1.29, 1.82) is 0 Å². The van der Waals surface area contributed by atoms with Crippen molar-refractivity contribution in [3.05, 3.63) is 34.4 Å². The van der Waals surface area contributed by atoms with E-state index in [2.05, 4.69) is 0 Å². The minimum atomic E-state index is -0.626. The smallest absolute Gasteiger partial charge is 0.403 e. The number of amides is 1. The molecule has 2 rings (SSSR count). The highest BCUT2D eigenvalue weighted by molar-refractivity contribution is 5.72. The van der Waals surface area contributed by atoms with Gasteiger partial charge in [0.1, 0.15) is 0 Å². The third kappa shape index (κ3) is 3.05. The number of benzene rings is 1. The number of ether oxygens (including phenoxy) is 1. The molecule has 0 radical (unpaired) electrons. The van der Waals surface area contributed by atoms with Crippen molar-refractivity contribution in [2.45, 2.75) is 31.9 Å². The summed E-state index contributed by atoms with van der Waals surface area (Å²) in [5, 5.41) is 20.4. The summed E-state index contributed by atoms with van der Waals surface area (Å²) in [5.74, 6) is -0.0687. The number of hydrogen-bond acceptors (Lipinski definition) is 5. The fourth-order valence-corrected chi connectivity index (χ4v) is 2.27. The molecule has 108 valence electrons. The van der Waals surface area contributed by atoms with E-state index >= 15 is 0 Å². The number of carbonyl (C=O) groups excluding carboxylic acids is 1. The lowest BCUT2D eigenvalue weighted by atomic mass is 10.0. The molecule has 7 nitrogen and oxygen atoms in total. The number of nitro groups is 1. The van der Waals surface area contributed by atoms with E-state index in [1.807, 2.05) is 6.92 Å². The Hall–Kier alpha value is -2.15. The van der Waals surface area contributed by atoms with E-state index in [1.54, 1.807) is 6.07 Å². The molecule has 1 saturated heterocycles. The molecule has 0 saturated carbocycles. The van der Waals surface area contributed by atoms with Gasteiger partial charge in [-0.15, -0.1) is 0 Å². The summed E-state index contributed by atoms with van der Waals surface area (Å²) in [6, 6.07) is 5.59. The minimum Gasteiger partial charge on any atom is -0.403 e. The topological polar surface area (TPSA) is 92.9 Å². The van der Waals surface area contributed by atoms with Crippen LogP contribution in [0.5, 0.6) is 5.75 Å². The van der Waals surface area contributed by atoms with Crippen LogP contribution in [0, 0.1) is 10.1 Å². The summed E-state index contributed by atoms with van der Waals surface area (Å²) in [4.78, 5) is 23.8. The van der Waals surface area contributed by atoms with Crippen molar-refractivity contribution in [1.82, 2.24) is 4.90 Å². The molecule has 20 heavy (non-hydrogen) atoms. The van der Waals surface area contributed by atoms with Gasteiger partial charge in [0.25, 0.3) is 0 Å². The summed E-state index contributed by atoms with van der Waals surface area (Å²) in [7, 11) is 0. The first kappa shape index (κ1) is 14.3. The zero-order valence-electron chi connectivity index (χ0n) is 11.1. The summed E-state index contributed by atoms with van der Waals surface area (Å²) in [6.45, 7) is 2.19. The van der Waals surface area contributed by atoms with Crippen molar-refractivity contribution in [3.8, 4) is 5.75 Å². The van der Waals surface area contributed by atoms with Crippen LogP contribution in [0.3, 0.4) is 0 Å². The number of para-hydroxylation sites is 2. The molecule has 1 aromatic rings. The van der Waals surface area contributed by atoms with Crippen molar-refractivity contribution < 1.29 is 19.6 Å². The lowest BCUT2D eigenvalue weighted by Crippen LogP contribution is -2.47. The van der Waals surface area contributed by atoms with Gasteiger partial charge in [-0.3, -0.25) is 10.1 Å².